The van der Waals surface area contributed by atoms with Crippen molar-refractivity contribution >= 4 is 11.6 Å². The fourth-order valence-corrected chi connectivity index (χ4v) is 2.60. The summed E-state index contributed by atoms with van der Waals surface area (Å²) in [5, 5.41) is 0. The minimum atomic E-state index is -0.0314. The molecule has 5 heteroatoms. The van der Waals surface area contributed by atoms with Crippen LogP contribution in [-0.2, 0) is 0 Å². The van der Waals surface area contributed by atoms with Crippen LogP contribution in [0.1, 0.15) is 23.7 Å². The van der Waals surface area contributed by atoms with Gasteiger partial charge in [0.15, 0.2) is 0 Å². The lowest BCUT2D eigenvalue weighted by atomic mass is 10.1. The van der Waals surface area contributed by atoms with Gasteiger partial charge in [0.2, 0.25) is 0 Å². The van der Waals surface area contributed by atoms with Gasteiger partial charge in [0.05, 0.1) is 7.11 Å². The second-order valence-electron chi connectivity index (χ2n) is 5.06. The Morgan fingerprint density at radius 2 is 2.00 bits per heavy atom. The highest BCUT2D eigenvalue weighted by atomic mass is 16.5. The maximum atomic E-state index is 12.6. The van der Waals surface area contributed by atoms with Gasteiger partial charge < -0.3 is 15.4 Å². The van der Waals surface area contributed by atoms with Crippen molar-refractivity contribution in [3.05, 3.63) is 23.8 Å². The summed E-state index contributed by atoms with van der Waals surface area (Å²) in [5.74, 6) is 0.516. The van der Waals surface area contributed by atoms with E-state index in [0.717, 1.165) is 39.1 Å². The number of nitrogen functional groups attached to an aromatic ring is 1. The average Bonchev–Trinajstić information content (AvgIpc) is 2.47. The summed E-state index contributed by atoms with van der Waals surface area (Å²) in [6.07, 6.45) is 1.15. The lowest BCUT2D eigenvalue weighted by molar-refractivity contribution is 0.0635. The minimum absolute atomic E-state index is 0.0314. The molecule has 0 aromatic heterocycles. The molecule has 20 heavy (non-hydrogen) atoms. The van der Waals surface area contributed by atoms with E-state index in [1.807, 2.05) is 4.90 Å². The highest BCUT2D eigenvalue weighted by Gasteiger charge is 2.25. The molecular formula is C15H23N3O2. The Bertz CT molecular complexity index is 468. The molecule has 0 saturated carbocycles. The van der Waals surface area contributed by atoms with E-state index in [-0.39, 0.29) is 5.91 Å². The summed E-state index contributed by atoms with van der Waals surface area (Å²) in [7, 11) is 1.56. The Kier molecular flexibility index (Phi) is 4.84. The minimum Gasteiger partial charge on any atom is -0.496 e. The van der Waals surface area contributed by atoms with Crippen molar-refractivity contribution < 1.29 is 9.53 Å². The molecule has 1 amide bonds. The van der Waals surface area contributed by atoms with Gasteiger partial charge in [-0.2, -0.15) is 0 Å². The molecule has 1 saturated heterocycles. The van der Waals surface area contributed by atoms with E-state index in [1.165, 1.54) is 0 Å². The van der Waals surface area contributed by atoms with E-state index in [0.29, 0.717) is 17.0 Å². The summed E-state index contributed by atoms with van der Waals surface area (Å²) in [5.41, 5.74) is 6.90. The number of carbonyl (C=O) groups excluding carboxylic acids is 1. The first kappa shape index (κ1) is 14.7. The molecule has 1 aliphatic rings. The Labute approximate surface area is 120 Å². The number of anilines is 1. The van der Waals surface area contributed by atoms with Gasteiger partial charge in [0.1, 0.15) is 11.3 Å². The Morgan fingerprint density at radius 3 is 2.60 bits per heavy atom. The fraction of sp³-hybridized carbons (Fsp3) is 0.533. The molecule has 0 bridgehead atoms. The standard InChI is InChI=1S/C15H23N3O2/c1-3-7-17-8-10-18(11-9-17)15(19)14-12(16)5-4-6-13(14)20-2/h4-6H,3,7-11,16H2,1-2H3. The van der Waals surface area contributed by atoms with Gasteiger partial charge in [-0.25, -0.2) is 0 Å². The van der Waals surface area contributed by atoms with Gasteiger partial charge in [0.25, 0.3) is 5.91 Å². The van der Waals surface area contributed by atoms with Crippen LogP contribution in [0.25, 0.3) is 0 Å². The number of amides is 1. The highest BCUT2D eigenvalue weighted by Crippen LogP contribution is 2.26. The van der Waals surface area contributed by atoms with Crippen LogP contribution in [0.15, 0.2) is 18.2 Å². The molecule has 2 rings (SSSR count). The summed E-state index contributed by atoms with van der Waals surface area (Å²) >= 11 is 0. The summed E-state index contributed by atoms with van der Waals surface area (Å²) in [4.78, 5) is 16.9. The van der Waals surface area contributed by atoms with E-state index in [4.69, 9.17) is 10.5 Å². The Hall–Kier alpha value is -1.75. The predicted octanol–water partition coefficient (Wildman–Crippen LogP) is 1.45. The number of rotatable bonds is 4. The molecule has 5 nitrogen and oxygen atoms in total. The zero-order chi connectivity index (χ0) is 14.5. The zero-order valence-electron chi connectivity index (χ0n) is 12.3. The lowest BCUT2D eigenvalue weighted by Gasteiger charge is -2.35. The SMILES string of the molecule is CCCN1CCN(C(=O)c2c(N)cccc2OC)CC1. The number of hydrogen-bond acceptors (Lipinski definition) is 4. The second kappa shape index (κ2) is 6.61. The van der Waals surface area contributed by atoms with E-state index in [1.54, 1.807) is 25.3 Å². The first-order valence-electron chi connectivity index (χ1n) is 7.11. The molecule has 110 valence electrons. The molecule has 0 radical (unpaired) electrons. The number of benzene rings is 1. The van der Waals surface area contributed by atoms with Gasteiger partial charge >= 0.3 is 0 Å². The zero-order valence-corrected chi connectivity index (χ0v) is 12.3. The topological polar surface area (TPSA) is 58.8 Å². The van der Waals surface area contributed by atoms with Crippen LogP contribution in [0, 0.1) is 0 Å². The lowest BCUT2D eigenvalue weighted by Crippen LogP contribution is -2.48. The first-order valence-corrected chi connectivity index (χ1v) is 7.11. The Balaban J connectivity index is 2.09. The molecule has 1 aliphatic heterocycles. The van der Waals surface area contributed by atoms with Crippen LogP contribution >= 0.6 is 0 Å². The number of carbonyl (C=O) groups is 1. The highest BCUT2D eigenvalue weighted by molar-refractivity contribution is 6.01. The molecule has 0 atom stereocenters. The van der Waals surface area contributed by atoms with Crippen molar-refractivity contribution in [1.29, 1.82) is 0 Å². The van der Waals surface area contributed by atoms with Crippen molar-refractivity contribution in [3.63, 3.8) is 0 Å². The quantitative estimate of drug-likeness (QED) is 0.846. The number of piperazine rings is 1. The van der Waals surface area contributed by atoms with Crippen LogP contribution < -0.4 is 10.5 Å². The molecule has 1 fully saturated rings. The van der Waals surface area contributed by atoms with Crippen molar-refractivity contribution in [2.45, 2.75) is 13.3 Å². The summed E-state index contributed by atoms with van der Waals surface area (Å²) < 4.78 is 5.26. The Morgan fingerprint density at radius 1 is 1.30 bits per heavy atom. The van der Waals surface area contributed by atoms with Crippen molar-refractivity contribution in [2.75, 3.05) is 45.6 Å². The van der Waals surface area contributed by atoms with Crippen LogP contribution in [0.5, 0.6) is 5.75 Å². The normalized spacial score (nSPS) is 16.2. The van der Waals surface area contributed by atoms with E-state index < -0.39 is 0 Å². The third kappa shape index (κ3) is 3.04. The van der Waals surface area contributed by atoms with E-state index in [2.05, 4.69) is 11.8 Å². The smallest absolute Gasteiger partial charge is 0.259 e. The van der Waals surface area contributed by atoms with E-state index in [9.17, 15) is 4.79 Å². The van der Waals surface area contributed by atoms with Crippen molar-refractivity contribution in [1.82, 2.24) is 9.80 Å². The van der Waals surface area contributed by atoms with Gasteiger partial charge in [0, 0.05) is 31.9 Å². The summed E-state index contributed by atoms with van der Waals surface area (Å²) in [6, 6.07) is 5.31. The second-order valence-corrected chi connectivity index (χ2v) is 5.06. The average molecular weight is 277 g/mol. The number of hydrogen-bond donors (Lipinski definition) is 1. The van der Waals surface area contributed by atoms with Crippen molar-refractivity contribution in [3.8, 4) is 5.75 Å². The van der Waals surface area contributed by atoms with Gasteiger partial charge in [-0.15, -0.1) is 0 Å². The van der Waals surface area contributed by atoms with Crippen LogP contribution in [0.3, 0.4) is 0 Å². The maximum Gasteiger partial charge on any atom is 0.259 e. The van der Waals surface area contributed by atoms with Gasteiger partial charge in [-0.05, 0) is 25.1 Å². The molecule has 2 N–H and O–H groups in total. The number of ether oxygens (including phenoxy) is 1. The molecule has 0 spiro atoms. The van der Waals surface area contributed by atoms with Crippen LogP contribution in [0.4, 0.5) is 5.69 Å². The largest absolute Gasteiger partial charge is 0.496 e. The number of nitrogens with zero attached hydrogens (tertiary/aromatic N) is 2. The maximum absolute atomic E-state index is 12.6. The molecule has 1 heterocycles. The fourth-order valence-electron chi connectivity index (χ4n) is 2.60. The molecule has 0 unspecified atom stereocenters. The summed E-state index contributed by atoms with van der Waals surface area (Å²) in [6.45, 7) is 6.61. The van der Waals surface area contributed by atoms with Crippen molar-refractivity contribution in [2.24, 2.45) is 0 Å². The molecule has 1 aromatic rings. The predicted molar refractivity (Wildman–Crippen MR) is 80.0 cm³/mol. The molecular weight excluding hydrogens is 254 g/mol. The molecule has 1 aromatic carbocycles. The third-order valence-corrected chi connectivity index (χ3v) is 3.69. The van der Waals surface area contributed by atoms with E-state index >= 15 is 0 Å². The monoisotopic (exact) mass is 277 g/mol. The van der Waals surface area contributed by atoms with Gasteiger partial charge in [-0.1, -0.05) is 13.0 Å². The first-order chi connectivity index (χ1) is 9.67. The third-order valence-electron chi connectivity index (χ3n) is 3.69. The van der Waals surface area contributed by atoms with Crippen LogP contribution in [-0.4, -0.2) is 55.5 Å². The van der Waals surface area contributed by atoms with Crippen LogP contribution in [0.2, 0.25) is 0 Å². The number of methoxy groups -OCH3 is 1. The number of nitrogens with two attached hydrogens (primary N) is 1. The van der Waals surface area contributed by atoms with Gasteiger partial charge in [-0.3, -0.25) is 9.69 Å². The molecule has 0 aliphatic carbocycles.